The van der Waals surface area contributed by atoms with E-state index < -0.39 is 27.6 Å². The fraction of sp³-hybridized carbons (Fsp3) is 0.188. The summed E-state index contributed by atoms with van der Waals surface area (Å²) in [6.45, 7) is 0. The first-order chi connectivity index (χ1) is 10.8. The van der Waals surface area contributed by atoms with Crippen molar-refractivity contribution >= 4 is 21.4 Å². The molecule has 122 valence electrons. The standard InChI is InChI=1S/C16H17FN2O3S/c1-23(21,22)10-12-7-8-13(9-14(12)17)19-15(16(18)20)11-5-3-2-4-6-11/h2-9,15,19H,10H2,1H3,(H2,18,20)/t15-/m1/s1. The first-order valence-corrected chi connectivity index (χ1v) is 8.89. The molecule has 0 aromatic heterocycles. The Hall–Kier alpha value is -2.41. The second-order valence-electron chi connectivity index (χ2n) is 5.27. The molecular formula is C16H17FN2O3S. The van der Waals surface area contributed by atoms with Crippen molar-refractivity contribution in [2.75, 3.05) is 11.6 Å². The summed E-state index contributed by atoms with van der Waals surface area (Å²) in [7, 11) is -3.33. The number of nitrogens with two attached hydrogens (primary N) is 1. The molecule has 0 bridgehead atoms. The van der Waals surface area contributed by atoms with Gasteiger partial charge in [0.2, 0.25) is 5.91 Å². The number of primary amides is 1. The van der Waals surface area contributed by atoms with Crippen molar-refractivity contribution in [1.29, 1.82) is 0 Å². The van der Waals surface area contributed by atoms with Crippen molar-refractivity contribution in [3.63, 3.8) is 0 Å². The highest BCUT2D eigenvalue weighted by atomic mass is 32.2. The highest BCUT2D eigenvalue weighted by Crippen LogP contribution is 2.22. The number of anilines is 1. The second-order valence-corrected chi connectivity index (χ2v) is 7.41. The molecule has 23 heavy (non-hydrogen) atoms. The Labute approximate surface area is 134 Å². The zero-order valence-electron chi connectivity index (χ0n) is 12.5. The number of hydrogen-bond donors (Lipinski definition) is 2. The van der Waals surface area contributed by atoms with Crippen LogP contribution in [0.25, 0.3) is 0 Å². The van der Waals surface area contributed by atoms with Crippen LogP contribution in [0.5, 0.6) is 0 Å². The van der Waals surface area contributed by atoms with Crippen LogP contribution in [0, 0.1) is 5.82 Å². The molecule has 0 saturated carbocycles. The van der Waals surface area contributed by atoms with Gasteiger partial charge in [-0.05, 0) is 17.7 Å². The number of carbonyl (C=O) groups excluding carboxylic acids is 1. The lowest BCUT2D eigenvalue weighted by Crippen LogP contribution is -2.27. The predicted molar refractivity (Wildman–Crippen MR) is 86.9 cm³/mol. The minimum absolute atomic E-state index is 0.0772. The summed E-state index contributed by atoms with van der Waals surface area (Å²) < 4.78 is 36.5. The lowest BCUT2D eigenvalue weighted by atomic mass is 10.1. The monoisotopic (exact) mass is 336 g/mol. The predicted octanol–water partition coefficient (Wildman–Crippen LogP) is 2.01. The molecule has 1 amide bonds. The van der Waals surface area contributed by atoms with E-state index in [0.29, 0.717) is 11.3 Å². The van der Waals surface area contributed by atoms with E-state index in [2.05, 4.69) is 5.32 Å². The summed E-state index contributed by atoms with van der Waals surface area (Å²) >= 11 is 0. The zero-order chi connectivity index (χ0) is 17.0. The summed E-state index contributed by atoms with van der Waals surface area (Å²) in [5, 5.41) is 2.86. The molecule has 0 aliphatic heterocycles. The minimum atomic E-state index is -3.33. The van der Waals surface area contributed by atoms with E-state index in [1.165, 1.54) is 12.1 Å². The van der Waals surface area contributed by atoms with E-state index in [0.717, 1.165) is 12.3 Å². The van der Waals surface area contributed by atoms with E-state index in [4.69, 9.17) is 5.73 Å². The maximum Gasteiger partial charge on any atom is 0.244 e. The maximum absolute atomic E-state index is 14.0. The van der Waals surface area contributed by atoms with Crippen molar-refractivity contribution in [1.82, 2.24) is 0 Å². The number of benzene rings is 2. The third-order valence-corrected chi connectivity index (χ3v) is 4.03. The van der Waals surface area contributed by atoms with Crippen LogP contribution in [0.2, 0.25) is 0 Å². The Balaban J connectivity index is 2.25. The van der Waals surface area contributed by atoms with Crippen LogP contribution in [0.3, 0.4) is 0 Å². The molecule has 3 N–H and O–H groups in total. The summed E-state index contributed by atoms with van der Waals surface area (Å²) in [6.07, 6.45) is 1.04. The fourth-order valence-corrected chi connectivity index (χ4v) is 2.97. The van der Waals surface area contributed by atoms with E-state index in [9.17, 15) is 17.6 Å². The van der Waals surface area contributed by atoms with Gasteiger partial charge in [0.05, 0.1) is 5.75 Å². The Bertz CT molecular complexity index is 807. The number of halogens is 1. The van der Waals surface area contributed by atoms with Crippen LogP contribution >= 0.6 is 0 Å². The number of nitrogens with one attached hydrogen (secondary N) is 1. The van der Waals surface area contributed by atoms with E-state index in [-0.39, 0.29) is 11.3 Å². The molecule has 0 heterocycles. The highest BCUT2D eigenvalue weighted by molar-refractivity contribution is 7.89. The van der Waals surface area contributed by atoms with Gasteiger partial charge in [0.15, 0.2) is 9.84 Å². The summed E-state index contributed by atoms with van der Waals surface area (Å²) in [6, 6.07) is 12.0. The van der Waals surface area contributed by atoms with E-state index >= 15 is 0 Å². The van der Waals surface area contributed by atoms with E-state index in [1.54, 1.807) is 30.3 Å². The Morgan fingerprint density at radius 3 is 2.39 bits per heavy atom. The summed E-state index contributed by atoms with van der Waals surface area (Å²) in [5.41, 5.74) is 6.46. The first kappa shape index (κ1) is 17.0. The number of amides is 1. The molecule has 1 atom stereocenters. The smallest absolute Gasteiger partial charge is 0.244 e. The van der Waals surface area contributed by atoms with Crippen LogP contribution in [-0.4, -0.2) is 20.6 Å². The van der Waals surface area contributed by atoms with Crippen molar-refractivity contribution in [2.24, 2.45) is 5.73 Å². The second kappa shape index (κ2) is 6.78. The topological polar surface area (TPSA) is 89.3 Å². The highest BCUT2D eigenvalue weighted by Gasteiger charge is 2.18. The lowest BCUT2D eigenvalue weighted by Gasteiger charge is -2.17. The average molecular weight is 336 g/mol. The fourth-order valence-electron chi connectivity index (χ4n) is 2.17. The molecule has 0 saturated heterocycles. The van der Waals surface area contributed by atoms with Crippen LogP contribution < -0.4 is 11.1 Å². The number of sulfone groups is 1. The third-order valence-electron chi connectivity index (χ3n) is 3.20. The van der Waals surface area contributed by atoms with Gasteiger partial charge in [-0.1, -0.05) is 36.4 Å². The molecule has 0 radical (unpaired) electrons. The molecule has 0 fully saturated rings. The Kier molecular flexibility index (Phi) is 5.00. The quantitative estimate of drug-likeness (QED) is 0.844. The molecular weight excluding hydrogens is 319 g/mol. The number of carbonyl (C=O) groups is 1. The maximum atomic E-state index is 14.0. The largest absolute Gasteiger partial charge is 0.370 e. The van der Waals surface area contributed by atoms with Gasteiger partial charge in [-0.3, -0.25) is 4.79 Å². The van der Waals surface area contributed by atoms with Gasteiger partial charge in [-0.25, -0.2) is 12.8 Å². The van der Waals surface area contributed by atoms with Crippen molar-refractivity contribution in [2.45, 2.75) is 11.8 Å². The summed E-state index contributed by atoms with van der Waals surface area (Å²) in [4.78, 5) is 11.6. The normalized spacial score (nSPS) is 12.6. The van der Waals surface area contributed by atoms with Crippen LogP contribution in [0.1, 0.15) is 17.2 Å². The Morgan fingerprint density at radius 1 is 1.22 bits per heavy atom. The van der Waals surface area contributed by atoms with Gasteiger partial charge < -0.3 is 11.1 Å². The lowest BCUT2D eigenvalue weighted by molar-refractivity contribution is -0.118. The molecule has 0 aliphatic rings. The van der Waals surface area contributed by atoms with Gasteiger partial charge in [0, 0.05) is 17.5 Å². The Morgan fingerprint density at radius 2 is 1.87 bits per heavy atom. The average Bonchev–Trinajstić information content (AvgIpc) is 2.47. The molecule has 5 nitrogen and oxygen atoms in total. The number of rotatable bonds is 6. The molecule has 0 unspecified atom stereocenters. The number of hydrogen-bond acceptors (Lipinski definition) is 4. The third kappa shape index (κ3) is 4.79. The molecule has 2 aromatic rings. The van der Waals surface area contributed by atoms with Gasteiger partial charge in [0.25, 0.3) is 0 Å². The molecule has 2 rings (SSSR count). The molecule has 0 spiro atoms. The van der Waals surface area contributed by atoms with Crippen molar-refractivity contribution in [3.05, 3.63) is 65.5 Å². The van der Waals surface area contributed by atoms with E-state index in [1.807, 2.05) is 0 Å². The molecule has 0 aliphatic carbocycles. The van der Waals surface area contributed by atoms with Crippen molar-refractivity contribution < 1.29 is 17.6 Å². The summed E-state index contributed by atoms with van der Waals surface area (Å²) in [5.74, 6) is -1.63. The van der Waals surface area contributed by atoms with Crippen LogP contribution in [0.15, 0.2) is 48.5 Å². The molecule has 7 heteroatoms. The minimum Gasteiger partial charge on any atom is -0.370 e. The SMILES string of the molecule is CS(=O)(=O)Cc1ccc(N[C@@H](C(N)=O)c2ccccc2)cc1F. The van der Waals surface area contributed by atoms with Gasteiger partial charge >= 0.3 is 0 Å². The molecule has 2 aromatic carbocycles. The van der Waals surface area contributed by atoms with Crippen molar-refractivity contribution in [3.8, 4) is 0 Å². The first-order valence-electron chi connectivity index (χ1n) is 6.83. The van der Waals surface area contributed by atoms with Gasteiger partial charge in [0.1, 0.15) is 11.9 Å². The van der Waals surface area contributed by atoms with Crippen LogP contribution in [-0.2, 0) is 20.4 Å². The van der Waals surface area contributed by atoms with Gasteiger partial charge in [-0.15, -0.1) is 0 Å². The van der Waals surface area contributed by atoms with Gasteiger partial charge in [-0.2, -0.15) is 0 Å². The zero-order valence-corrected chi connectivity index (χ0v) is 13.3. The van der Waals surface area contributed by atoms with Crippen LogP contribution in [0.4, 0.5) is 10.1 Å².